The molecule has 0 amide bonds. The summed E-state index contributed by atoms with van der Waals surface area (Å²) in [5.41, 5.74) is 0.792. The first kappa shape index (κ1) is 18.7. The molecule has 1 aromatic rings. The molecule has 1 heterocycles. The van der Waals surface area contributed by atoms with Crippen LogP contribution in [0, 0.1) is 6.92 Å². The molecule has 140 valence electrons. The molecule has 2 fully saturated rings. The summed E-state index contributed by atoms with van der Waals surface area (Å²) >= 11 is 0. The molecule has 6 nitrogen and oxygen atoms in total. The summed E-state index contributed by atoms with van der Waals surface area (Å²) in [6, 6.07) is 4.59. The van der Waals surface area contributed by atoms with Gasteiger partial charge in [-0.3, -0.25) is 0 Å². The van der Waals surface area contributed by atoms with Crippen LogP contribution in [-0.2, 0) is 19.7 Å². The lowest BCUT2D eigenvalue weighted by atomic mass is 10.2. The molecule has 2 aliphatic rings. The van der Waals surface area contributed by atoms with E-state index in [4.69, 9.17) is 4.74 Å². The highest BCUT2D eigenvalue weighted by Gasteiger charge is 2.47. The third-order valence-electron chi connectivity index (χ3n) is 5.13. The Kier molecular flexibility index (Phi) is 5.14. The van der Waals surface area contributed by atoms with E-state index >= 15 is 0 Å². The van der Waals surface area contributed by atoms with Crippen molar-refractivity contribution in [2.75, 3.05) is 18.6 Å². The highest BCUT2D eigenvalue weighted by Crippen LogP contribution is 2.33. The van der Waals surface area contributed by atoms with Crippen LogP contribution in [0.15, 0.2) is 23.1 Å². The van der Waals surface area contributed by atoms with E-state index in [2.05, 4.69) is 5.32 Å². The second-order valence-electron chi connectivity index (χ2n) is 7.07. The molecular weight excluding hydrogens is 362 g/mol. The normalized spacial score (nSPS) is 26.8. The number of nitrogens with one attached hydrogen (secondary N) is 1. The van der Waals surface area contributed by atoms with Gasteiger partial charge in [0.25, 0.3) is 0 Å². The van der Waals surface area contributed by atoms with Gasteiger partial charge in [-0.25, -0.2) is 16.8 Å². The van der Waals surface area contributed by atoms with Crippen molar-refractivity contribution in [3.05, 3.63) is 23.8 Å². The molecular formula is C17H25NO5S2. The Bertz CT molecular complexity index is 842. The minimum absolute atomic E-state index is 0.0790. The number of rotatable bonds is 5. The van der Waals surface area contributed by atoms with Gasteiger partial charge < -0.3 is 10.1 Å². The molecule has 1 saturated heterocycles. The SMILES string of the molecule is COc1ccc(C)cc1S(=O)(=O)[C@H]1CS(=O)(=O)C[C@@H]1NC1CCCC1. The molecule has 1 saturated carbocycles. The quantitative estimate of drug-likeness (QED) is 0.823. The van der Waals surface area contributed by atoms with Crippen molar-refractivity contribution in [3.8, 4) is 5.75 Å². The van der Waals surface area contributed by atoms with Crippen molar-refractivity contribution in [1.82, 2.24) is 5.32 Å². The van der Waals surface area contributed by atoms with Crippen LogP contribution in [-0.4, -0.2) is 52.8 Å². The van der Waals surface area contributed by atoms with Gasteiger partial charge >= 0.3 is 0 Å². The highest BCUT2D eigenvalue weighted by molar-refractivity contribution is 7.96. The molecule has 1 aromatic carbocycles. The van der Waals surface area contributed by atoms with Crippen LogP contribution in [0.3, 0.4) is 0 Å². The zero-order valence-electron chi connectivity index (χ0n) is 14.6. The van der Waals surface area contributed by atoms with Gasteiger partial charge in [-0.15, -0.1) is 0 Å². The lowest BCUT2D eigenvalue weighted by Gasteiger charge is -2.24. The highest BCUT2D eigenvalue weighted by atomic mass is 32.2. The van der Waals surface area contributed by atoms with Gasteiger partial charge in [0.15, 0.2) is 19.7 Å². The van der Waals surface area contributed by atoms with Crippen LogP contribution in [0.2, 0.25) is 0 Å². The maximum atomic E-state index is 13.3. The summed E-state index contributed by atoms with van der Waals surface area (Å²) in [7, 11) is -5.80. The Morgan fingerprint density at radius 3 is 2.48 bits per heavy atom. The van der Waals surface area contributed by atoms with E-state index in [1.165, 1.54) is 7.11 Å². The second kappa shape index (κ2) is 6.89. The van der Waals surface area contributed by atoms with Crippen molar-refractivity contribution < 1.29 is 21.6 Å². The minimum Gasteiger partial charge on any atom is -0.495 e. The van der Waals surface area contributed by atoms with Gasteiger partial charge in [0.1, 0.15) is 10.6 Å². The van der Waals surface area contributed by atoms with Gasteiger partial charge in [-0.05, 0) is 37.5 Å². The number of benzene rings is 1. The van der Waals surface area contributed by atoms with Crippen LogP contribution in [0.1, 0.15) is 31.2 Å². The zero-order chi connectivity index (χ0) is 18.2. The largest absolute Gasteiger partial charge is 0.495 e. The lowest BCUT2D eigenvalue weighted by Crippen LogP contribution is -2.47. The molecule has 0 unspecified atom stereocenters. The van der Waals surface area contributed by atoms with Gasteiger partial charge in [-0.1, -0.05) is 18.9 Å². The predicted molar refractivity (Wildman–Crippen MR) is 96.5 cm³/mol. The van der Waals surface area contributed by atoms with Crippen molar-refractivity contribution in [3.63, 3.8) is 0 Å². The summed E-state index contributed by atoms with van der Waals surface area (Å²) in [6.45, 7) is 1.80. The fourth-order valence-corrected chi connectivity index (χ4v) is 8.76. The van der Waals surface area contributed by atoms with Crippen molar-refractivity contribution in [2.45, 2.75) is 54.8 Å². The Morgan fingerprint density at radius 2 is 1.84 bits per heavy atom. The molecule has 0 radical (unpaired) electrons. The maximum absolute atomic E-state index is 13.3. The molecule has 0 aromatic heterocycles. The third kappa shape index (κ3) is 3.85. The smallest absolute Gasteiger partial charge is 0.187 e. The first-order chi connectivity index (χ1) is 11.7. The molecule has 1 aliphatic heterocycles. The van der Waals surface area contributed by atoms with Crippen LogP contribution >= 0.6 is 0 Å². The van der Waals surface area contributed by atoms with E-state index in [0.29, 0.717) is 0 Å². The Labute approximate surface area is 149 Å². The number of sulfone groups is 2. The number of aryl methyl sites for hydroxylation is 1. The minimum atomic E-state index is -3.83. The van der Waals surface area contributed by atoms with Gasteiger partial charge in [0.2, 0.25) is 0 Å². The Balaban J connectivity index is 1.97. The maximum Gasteiger partial charge on any atom is 0.187 e. The average molecular weight is 388 g/mol. The van der Waals surface area contributed by atoms with Gasteiger partial charge in [0.05, 0.1) is 23.9 Å². The average Bonchev–Trinajstić information content (AvgIpc) is 3.15. The topological polar surface area (TPSA) is 89.5 Å². The predicted octanol–water partition coefficient (Wildman–Crippen LogP) is 1.48. The molecule has 0 bridgehead atoms. The van der Waals surface area contributed by atoms with Gasteiger partial charge in [-0.2, -0.15) is 0 Å². The molecule has 8 heteroatoms. The first-order valence-corrected chi connectivity index (χ1v) is 11.9. The molecule has 25 heavy (non-hydrogen) atoms. The first-order valence-electron chi connectivity index (χ1n) is 8.58. The van der Waals surface area contributed by atoms with Crippen LogP contribution in [0.5, 0.6) is 5.75 Å². The fraction of sp³-hybridized carbons (Fsp3) is 0.647. The van der Waals surface area contributed by atoms with Crippen molar-refractivity contribution >= 4 is 19.7 Å². The molecule has 3 rings (SSSR count). The second-order valence-corrected chi connectivity index (χ2v) is 11.4. The van der Waals surface area contributed by atoms with E-state index in [1.54, 1.807) is 25.1 Å². The monoisotopic (exact) mass is 387 g/mol. The summed E-state index contributed by atoms with van der Waals surface area (Å²) in [4.78, 5) is 0.0790. The van der Waals surface area contributed by atoms with E-state index in [0.717, 1.165) is 31.2 Å². The fourth-order valence-electron chi connectivity index (χ4n) is 3.84. The lowest BCUT2D eigenvalue weighted by molar-refractivity contribution is 0.401. The molecule has 0 spiro atoms. The van der Waals surface area contributed by atoms with Gasteiger partial charge in [0, 0.05) is 12.1 Å². The molecule has 2 atom stereocenters. The third-order valence-corrected chi connectivity index (χ3v) is 9.30. The number of hydrogen-bond donors (Lipinski definition) is 1. The Morgan fingerprint density at radius 1 is 1.16 bits per heavy atom. The number of methoxy groups -OCH3 is 1. The van der Waals surface area contributed by atoms with E-state index in [1.807, 2.05) is 0 Å². The zero-order valence-corrected chi connectivity index (χ0v) is 16.2. The summed E-state index contributed by atoms with van der Waals surface area (Å²) < 4.78 is 56.1. The summed E-state index contributed by atoms with van der Waals surface area (Å²) in [5.74, 6) is -0.201. The van der Waals surface area contributed by atoms with Crippen molar-refractivity contribution in [2.24, 2.45) is 0 Å². The van der Waals surface area contributed by atoms with Crippen LogP contribution < -0.4 is 10.1 Å². The van der Waals surface area contributed by atoms with E-state index in [-0.39, 0.29) is 28.2 Å². The number of hydrogen-bond acceptors (Lipinski definition) is 6. The van der Waals surface area contributed by atoms with Crippen molar-refractivity contribution in [1.29, 1.82) is 0 Å². The molecule has 1 N–H and O–H groups in total. The molecule has 1 aliphatic carbocycles. The summed E-state index contributed by atoms with van der Waals surface area (Å²) in [6.07, 6.45) is 4.13. The Hall–Kier alpha value is -1.12. The van der Waals surface area contributed by atoms with E-state index < -0.39 is 31.0 Å². The van der Waals surface area contributed by atoms with Crippen LogP contribution in [0.25, 0.3) is 0 Å². The number of ether oxygens (including phenoxy) is 1. The standard InChI is InChI=1S/C17H25NO5S2/c1-12-7-8-15(23-2)16(9-12)25(21,22)17-11-24(19,20)10-14(17)18-13-5-3-4-6-13/h7-9,13-14,17-18H,3-6,10-11H2,1-2H3/t14-,17-/m0/s1. The van der Waals surface area contributed by atoms with E-state index in [9.17, 15) is 16.8 Å². The van der Waals surface area contributed by atoms with Crippen LogP contribution in [0.4, 0.5) is 0 Å². The summed E-state index contributed by atoms with van der Waals surface area (Å²) in [5, 5.41) is 2.33.